The summed E-state index contributed by atoms with van der Waals surface area (Å²) in [6, 6.07) is 0. The second kappa shape index (κ2) is 5.87. The molecule has 0 radical (unpaired) electrons. The van der Waals surface area contributed by atoms with Crippen molar-refractivity contribution in [1.29, 1.82) is 0 Å². The van der Waals surface area contributed by atoms with Crippen LogP contribution in [0.2, 0.25) is 0 Å². The zero-order valence-corrected chi connectivity index (χ0v) is 11.0. The van der Waals surface area contributed by atoms with E-state index >= 15 is 0 Å². The minimum atomic E-state index is -7.81. The van der Waals surface area contributed by atoms with Gasteiger partial charge in [-0.1, -0.05) is 13.3 Å². The fraction of sp³-hybridized carbons (Fsp3) is 1.00. The molecule has 0 aliphatic carbocycles. The first-order valence-corrected chi connectivity index (χ1v) is 5.77. The Balaban J connectivity index is 6.03. The van der Waals surface area contributed by atoms with Crippen molar-refractivity contribution in [1.82, 2.24) is 0 Å². The van der Waals surface area contributed by atoms with E-state index in [0.29, 0.717) is 0 Å². The van der Waals surface area contributed by atoms with Gasteiger partial charge in [0.15, 0.2) is 0 Å². The molecule has 0 unspecified atom stereocenters. The summed E-state index contributed by atoms with van der Waals surface area (Å²) in [6.07, 6.45) is -10.7. The molecule has 0 saturated heterocycles. The van der Waals surface area contributed by atoms with Crippen LogP contribution in [0.3, 0.4) is 0 Å². The fourth-order valence-electron chi connectivity index (χ4n) is 1.36. The lowest BCUT2D eigenvalue weighted by molar-refractivity contribution is -0.440. The van der Waals surface area contributed by atoms with Crippen LogP contribution in [0.5, 0.6) is 0 Å². The molecule has 0 rings (SSSR count). The van der Waals surface area contributed by atoms with Crippen LogP contribution in [0.15, 0.2) is 0 Å². The van der Waals surface area contributed by atoms with Gasteiger partial charge >= 0.3 is 35.8 Å². The maximum Gasteiger partial charge on any atom is 0.460 e. The Morgan fingerprint density at radius 3 is 1.17 bits per heavy atom. The van der Waals surface area contributed by atoms with Crippen LogP contribution in [0.4, 0.5) is 57.1 Å². The predicted octanol–water partition coefficient (Wildman–Crippen LogP) is 5.92. The minimum absolute atomic E-state index is 0.285. The van der Waals surface area contributed by atoms with Gasteiger partial charge < -0.3 is 0 Å². The van der Waals surface area contributed by atoms with Crippen molar-refractivity contribution in [3.05, 3.63) is 0 Å². The van der Waals surface area contributed by atoms with Crippen molar-refractivity contribution in [2.24, 2.45) is 0 Å². The monoisotopic (exact) mass is 376 g/mol. The quantitative estimate of drug-likeness (QED) is 0.484. The summed E-state index contributed by atoms with van der Waals surface area (Å²) >= 11 is 0. The van der Waals surface area contributed by atoms with Gasteiger partial charge in [-0.15, -0.1) is 0 Å². The third-order valence-electron chi connectivity index (χ3n) is 2.84. The molecule has 0 aliphatic heterocycles. The summed E-state index contributed by atoms with van der Waals surface area (Å²) < 4.78 is 164. The van der Waals surface area contributed by atoms with E-state index in [0.717, 1.165) is 6.92 Å². The van der Waals surface area contributed by atoms with Gasteiger partial charge in [0.1, 0.15) is 0 Å². The Morgan fingerprint density at radius 2 is 0.870 bits per heavy atom. The van der Waals surface area contributed by atoms with Crippen LogP contribution in [-0.2, 0) is 0 Å². The lowest BCUT2D eigenvalue weighted by atomic mass is 9.92. The molecule has 0 N–H and O–H groups in total. The third kappa shape index (κ3) is 3.19. The molecule has 0 saturated carbocycles. The molecule has 23 heavy (non-hydrogen) atoms. The van der Waals surface area contributed by atoms with Gasteiger partial charge in [0, 0.05) is 6.42 Å². The van der Waals surface area contributed by atoms with Gasteiger partial charge in [-0.2, -0.15) is 57.1 Å². The first-order chi connectivity index (χ1) is 9.81. The maximum absolute atomic E-state index is 13.0. The standard InChI is InChI=1S/C10H9F13/c1-2-3-4-5(11,12)6(13,14)7(15,16)8(17,18)9(19,20)10(21,22)23/h2-4H2,1H3. The summed E-state index contributed by atoms with van der Waals surface area (Å²) in [6.45, 7) is 1.12. The molecule has 140 valence electrons. The molecule has 0 bridgehead atoms. The summed E-state index contributed by atoms with van der Waals surface area (Å²) in [5.41, 5.74) is 0. The molecule has 0 nitrogen and oxygen atoms in total. The van der Waals surface area contributed by atoms with Crippen LogP contribution in [0.1, 0.15) is 26.2 Å². The Morgan fingerprint density at radius 1 is 0.522 bits per heavy atom. The molecule has 0 heterocycles. The number of unbranched alkanes of at least 4 members (excludes halogenated alkanes) is 1. The van der Waals surface area contributed by atoms with Crippen LogP contribution >= 0.6 is 0 Å². The zero-order valence-electron chi connectivity index (χ0n) is 11.0. The van der Waals surface area contributed by atoms with Crippen molar-refractivity contribution in [2.75, 3.05) is 0 Å². The maximum atomic E-state index is 13.0. The Bertz CT molecular complexity index is 405. The van der Waals surface area contributed by atoms with E-state index in [1.165, 1.54) is 0 Å². The highest BCUT2D eigenvalue weighted by atomic mass is 19.4. The van der Waals surface area contributed by atoms with Crippen LogP contribution in [0.25, 0.3) is 0 Å². The zero-order chi connectivity index (χ0) is 19.1. The van der Waals surface area contributed by atoms with E-state index in [-0.39, 0.29) is 6.42 Å². The molecule has 0 aliphatic rings. The Kier molecular flexibility index (Phi) is 5.63. The summed E-state index contributed by atoms with van der Waals surface area (Å²) in [4.78, 5) is 0. The smallest absolute Gasteiger partial charge is 0.200 e. The second-order valence-corrected chi connectivity index (χ2v) is 4.60. The molecular weight excluding hydrogens is 367 g/mol. The Labute approximate surface area is 120 Å². The highest BCUT2D eigenvalue weighted by molar-refractivity contribution is 5.10. The number of hydrogen-bond acceptors (Lipinski definition) is 0. The fourth-order valence-corrected chi connectivity index (χ4v) is 1.36. The second-order valence-electron chi connectivity index (χ2n) is 4.60. The molecule has 13 heteroatoms. The minimum Gasteiger partial charge on any atom is -0.200 e. The van der Waals surface area contributed by atoms with Crippen LogP contribution < -0.4 is 0 Å². The van der Waals surface area contributed by atoms with Crippen molar-refractivity contribution in [3.63, 3.8) is 0 Å². The normalized spacial score (nSPS) is 15.9. The average molecular weight is 376 g/mol. The van der Waals surface area contributed by atoms with Gasteiger partial charge in [0.2, 0.25) is 0 Å². The van der Waals surface area contributed by atoms with Gasteiger partial charge in [-0.3, -0.25) is 0 Å². The van der Waals surface area contributed by atoms with Gasteiger partial charge in [0.05, 0.1) is 0 Å². The first kappa shape index (κ1) is 22.1. The SMILES string of the molecule is CCCCC(F)(F)C(F)(F)C(F)(F)C(F)(F)C(F)(F)C(F)(F)F. The molecular formula is C10H9F13. The summed E-state index contributed by atoms with van der Waals surface area (Å²) in [5.74, 6) is -36.2. The molecule has 0 aromatic heterocycles. The predicted molar refractivity (Wildman–Crippen MR) is 50.3 cm³/mol. The molecule has 0 spiro atoms. The highest BCUT2D eigenvalue weighted by Crippen LogP contribution is 2.60. The molecule has 0 aromatic rings. The number of rotatable bonds is 7. The van der Waals surface area contributed by atoms with Crippen molar-refractivity contribution >= 4 is 0 Å². The van der Waals surface area contributed by atoms with Crippen molar-refractivity contribution in [2.45, 2.75) is 62.0 Å². The number of hydrogen-bond donors (Lipinski definition) is 0. The molecule has 0 atom stereocenters. The van der Waals surface area contributed by atoms with Gasteiger partial charge in [-0.05, 0) is 6.42 Å². The number of alkyl halides is 13. The van der Waals surface area contributed by atoms with E-state index in [4.69, 9.17) is 0 Å². The largest absolute Gasteiger partial charge is 0.460 e. The molecule has 0 amide bonds. The highest BCUT2D eigenvalue weighted by Gasteiger charge is 2.90. The van der Waals surface area contributed by atoms with E-state index in [1.807, 2.05) is 0 Å². The number of halogens is 13. The van der Waals surface area contributed by atoms with Crippen molar-refractivity contribution in [3.8, 4) is 0 Å². The topological polar surface area (TPSA) is 0 Å². The Hall–Kier alpha value is -0.910. The third-order valence-corrected chi connectivity index (χ3v) is 2.84. The van der Waals surface area contributed by atoms with Gasteiger partial charge in [-0.25, -0.2) is 0 Å². The lowest BCUT2D eigenvalue weighted by Gasteiger charge is -2.39. The van der Waals surface area contributed by atoms with E-state index in [1.54, 1.807) is 0 Å². The van der Waals surface area contributed by atoms with Crippen LogP contribution in [0, 0.1) is 0 Å². The summed E-state index contributed by atoms with van der Waals surface area (Å²) in [5, 5.41) is 0. The van der Waals surface area contributed by atoms with Gasteiger partial charge in [0.25, 0.3) is 0 Å². The first-order valence-electron chi connectivity index (χ1n) is 5.77. The van der Waals surface area contributed by atoms with E-state index in [2.05, 4.69) is 0 Å². The van der Waals surface area contributed by atoms with E-state index in [9.17, 15) is 57.1 Å². The lowest BCUT2D eigenvalue weighted by Crippen LogP contribution is -2.70. The van der Waals surface area contributed by atoms with Crippen LogP contribution in [-0.4, -0.2) is 35.8 Å². The summed E-state index contributed by atoms with van der Waals surface area (Å²) in [7, 11) is 0. The molecule has 0 aromatic carbocycles. The van der Waals surface area contributed by atoms with E-state index < -0.39 is 48.6 Å². The average Bonchev–Trinajstić information content (AvgIpc) is 2.34. The molecule has 0 fully saturated rings. The van der Waals surface area contributed by atoms with Crippen molar-refractivity contribution < 1.29 is 57.1 Å².